The van der Waals surface area contributed by atoms with Crippen LogP contribution in [-0.2, 0) is 4.79 Å². The topological polar surface area (TPSA) is 52.9 Å². The number of rotatable bonds is 4. The Morgan fingerprint density at radius 1 is 1.24 bits per heavy atom. The molecule has 17 heavy (non-hydrogen) atoms. The van der Waals surface area contributed by atoms with Gasteiger partial charge in [0.25, 0.3) is 0 Å². The van der Waals surface area contributed by atoms with Crippen molar-refractivity contribution in [2.75, 3.05) is 6.54 Å². The first-order valence-corrected chi connectivity index (χ1v) is 6.20. The molecule has 0 aromatic heterocycles. The minimum Gasteiger partial charge on any atom is -0.354 e. The molecule has 0 spiro atoms. The Labute approximate surface area is 106 Å². The fourth-order valence-corrected chi connectivity index (χ4v) is 1.19. The summed E-state index contributed by atoms with van der Waals surface area (Å²) in [7, 11) is 0. The number of carbonyl (C=O) groups excluding carboxylic acids is 1. The first-order valence-electron chi connectivity index (χ1n) is 6.20. The van der Waals surface area contributed by atoms with E-state index in [1.807, 2.05) is 13.8 Å². The van der Waals surface area contributed by atoms with E-state index in [1.165, 1.54) is 0 Å². The van der Waals surface area contributed by atoms with E-state index in [4.69, 9.17) is 5.26 Å². The zero-order chi connectivity index (χ0) is 13.9. The van der Waals surface area contributed by atoms with Crippen molar-refractivity contribution in [3.63, 3.8) is 0 Å². The smallest absolute Gasteiger partial charge is 0.237 e. The number of carbonyl (C=O) groups is 1. The zero-order valence-electron chi connectivity index (χ0n) is 12.2. The van der Waals surface area contributed by atoms with Gasteiger partial charge in [0.2, 0.25) is 5.91 Å². The molecule has 0 aliphatic heterocycles. The average molecular weight is 238 g/mol. The molecule has 1 N–H and O–H groups in total. The minimum atomic E-state index is -0.550. The molecule has 0 aliphatic rings. The molecule has 3 heteroatoms. The first-order chi connectivity index (χ1) is 7.53. The van der Waals surface area contributed by atoms with Gasteiger partial charge in [-0.3, -0.25) is 4.79 Å². The second-order valence-corrected chi connectivity index (χ2v) is 6.70. The van der Waals surface area contributed by atoms with Crippen LogP contribution in [0, 0.1) is 34.0 Å². The lowest BCUT2D eigenvalue weighted by Crippen LogP contribution is -2.44. The fourth-order valence-electron chi connectivity index (χ4n) is 1.19. The van der Waals surface area contributed by atoms with Crippen molar-refractivity contribution >= 4 is 5.91 Å². The Balaban J connectivity index is 4.50. The van der Waals surface area contributed by atoms with Gasteiger partial charge in [0, 0.05) is 6.54 Å². The van der Waals surface area contributed by atoms with Crippen molar-refractivity contribution < 1.29 is 4.79 Å². The van der Waals surface area contributed by atoms with E-state index < -0.39 is 5.92 Å². The van der Waals surface area contributed by atoms with Gasteiger partial charge < -0.3 is 5.32 Å². The van der Waals surface area contributed by atoms with Crippen LogP contribution in [0.2, 0.25) is 0 Å². The molecule has 1 unspecified atom stereocenters. The quantitative estimate of drug-likeness (QED) is 0.818. The van der Waals surface area contributed by atoms with Crippen LogP contribution in [0.3, 0.4) is 0 Å². The van der Waals surface area contributed by atoms with Gasteiger partial charge in [-0.2, -0.15) is 5.26 Å². The summed E-state index contributed by atoms with van der Waals surface area (Å²) in [4.78, 5) is 11.9. The highest BCUT2D eigenvalue weighted by Gasteiger charge is 2.33. The lowest BCUT2D eigenvalue weighted by Gasteiger charge is -2.39. The molecule has 0 saturated carbocycles. The highest BCUT2D eigenvalue weighted by Crippen LogP contribution is 2.37. The van der Waals surface area contributed by atoms with Gasteiger partial charge in [0.1, 0.15) is 5.92 Å². The van der Waals surface area contributed by atoms with Crippen LogP contribution in [0.15, 0.2) is 0 Å². The maximum absolute atomic E-state index is 11.9. The summed E-state index contributed by atoms with van der Waals surface area (Å²) in [5.74, 6) is -0.650. The van der Waals surface area contributed by atoms with E-state index in [1.54, 1.807) is 0 Å². The van der Waals surface area contributed by atoms with Gasteiger partial charge in [0.15, 0.2) is 0 Å². The molecule has 98 valence electrons. The summed E-state index contributed by atoms with van der Waals surface area (Å²) in [5.41, 5.74) is 0.111. The number of hydrogen-bond donors (Lipinski definition) is 1. The molecule has 0 fully saturated rings. The second-order valence-electron chi connectivity index (χ2n) is 6.70. The zero-order valence-corrected chi connectivity index (χ0v) is 12.2. The van der Waals surface area contributed by atoms with Crippen molar-refractivity contribution in [3.8, 4) is 6.07 Å². The van der Waals surface area contributed by atoms with Gasteiger partial charge in [-0.05, 0) is 16.7 Å². The Morgan fingerprint density at radius 3 is 2.00 bits per heavy atom. The molecule has 0 bridgehead atoms. The Bertz CT molecular complexity index is 305. The molecule has 0 radical (unpaired) electrons. The molecule has 1 atom stereocenters. The van der Waals surface area contributed by atoms with Crippen LogP contribution in [-0.4, -0.2) is 12.5 Å². The maximum Gasteiger partial charge on any atom is 0.237 e. The molecule has 0 aromatic carbocycles. The van der Waals surface area contributed by atoms with Crippen LogP contribution in [0.4, 0.5) is 0 Å². The van der Waals surface area contributed by atoms with E-state index in [0.29, 0.717) is 6.54 Å². The highest BCUT2D eigenvalue weighted by atomic mass is 16.1. The number of nitrogens with one attached hydrogen (secondary N) is 1. The molecular weight excluding hydrogens is 212 g/mol. The van der Waals surface area contributed by atoms with E-state index in [-0.39, 0.29) is 22.7 Å². The fraction of sp³-hybridized carbons (Fsp3) is 0.857. The normalized spacial score (nSPS) is 14.3. The Morgan fingerprint density at radius 2 is 1.71 bits per heavy atom. The monoisotopic (exact) mass is 238 g/mol. The lowest BCUT2D eigenvalue weighted by molar-refractivity contribution is -0.125. The SMILES string of the molecule is CC(C)C(C#N)C(=O)NCC(C)(C)C(C)(C)C. The van der Waals surface area contributed by atoms with E-state index in [2.05, 4.69) is 46.0 Å². The average Bonchev–Trinajstić information content (AvgIpc) is 2.13. The molecule has 0 aliphatic carbocycles. The third-order valence-electron chi connectivity index (χ3n) is 3.82. The number of nitrogens with zero attached hydrogens (tertiary/aromatic N) is 1. The largest absolute Gasteiger partial charge is 0.354 e. The van der Waals surface area contributed by atoms with Gasteiger partial charge in [-0.25, -0.2) is 0 Å². The van der Waals surface area contributed by atoms with E-state index in [9.17, 15) is 4.79 Å². The number of nitriles is 1. The van der Waals surface area contributed by atoms with Gasteiger partial charge in [-0.1, -0.05) is 48.5 Å². The van der Waals surface area contributed by atoms with Crippen molar-refractivity contribution in [2.24, 2.45) is 22.7 Å². The maximum atomic E-state index is 11.9. The van der Waals surface area contributed by atoms with Crippen molar-refractivity contribution in [1.29, 1.82) is 5.26 Å². The van der Waals surface area contributed by atoms with E-state index >= 15 is 0 Å². The van der Waals surface area contributed by atoms with Crippen LogP contribution in [0.25, 0.3) is 0 Å². The standard InChI is InChI=1S/C14H26N2O/c1-10(2)11(8-15)12(17)16-9-14(6,7)13(3,4)5/h10-11H,9H2,1-7H3,(H,16,17). The molecule has 0 heterocycles. The predicted octanol–water partition coefficient (Wildman–Crippen LogP) is 2.97. The lowest BCUT2D eigenvalue weighted by atomic mass is 9.69. The van der Waals surface area contributed by atoms with Crippen molar-refractivity contribution in [2.45, 2.75) is 48.5 Å². The summed E-state index contributed by atoms with van der Waals surface area (Å²) in [6.45, 7) is 15.1. The summed E-state index contributed by atoms with van der Waals surface area (Å²) < 4.78 is 0. The molecule has 3 nitrogen and oxygen atoms in total. The van der Waals surface area contributed by atoms with Gasteiger partial charge in [0.05, 0.1) is 6.07 Å². The van der Waals surface area contributed by atoms with Gasteiger partial charge in [-0.15, -0.1) is 0 Å². The van der Waals surface area contributed by atoms with Crippen molar-refractivity contribution in [1.82, 2.24) is 5.32 Å². The number of amides is 1. The van der Waals surface area contributed by atoms with Crippen LogP contribution in [0.5, 0.6) is 0 Å². The molecule has 0 aromatic rings. The Hall–Kier alpha value is -1.04. The third kappa shape index (κ3) is 4.38. The molecule has 0 saturated heterocycles. The highest BCUT2D eigenvalue weighted by molar-refractivity contribution is 5.81. The molecular formula is C14H26N2O. The predicted molar refractivity (Wildman–Crippen MR) is 70.2 cm³/mol. The van der Waals surface area contributed by atoms with Gasteiger partial charge >= 0.3 is 0 Å². The summed E-state index contributed by atoms with van der Waals surface area (Å²) in [6, 6.07) is 2.06. The van der Waals surface area contributed by atoms with Crippen LogP contribution in [0.1, 0.15) is 48.5 Å². The van der Waals surface area contributed by atoms with Crippen molar-refractivity contribution in [3.05, 3.63) is 0 Å². The minimum absolute atomic E-state index is 0.000352. The molecule has 1 amide bonds. The Kier molecular flexibility index (Phi) is 5.19. The summed E-state index contributed by atoms with van der Waals surface area (Å²) in [6.07, 6.45) is 0. The molecule has 0 rings (SSSR count). The van der Waals surface area contributed by atoms with Crippen LogP contribution < -0.4 is 5.32 Å². The van der Waals surface area contributed by atoms with E-state index in [0.717, 1.165) is 0 Å². The third-order valence-corrected chi connectivity index (χ3v) is 3.82. The second kappa shape index (κ2) is 5.53. The first kappa shape index (κ1) is 16.0. The summed E-state index contributed by atoms with van der Waals surface area (Å²) in [5, 5.41) is 11.8. The number of hydrogen-bond acceptors (Lipinski definition) is 2. The summed E-state index contributed by atoms with van der Waals surface area (Å²) >= 11 is 0. The van der Waals surface area contributed by atoms with Crippen LogP contribution >= 0.6 is 0 Å².